The highest BCUT2D eigenvalue weighted by molar-refractivity contribution is 5.35. The van der Waals surface area contributed by atoms with Gasteiger partial charge in [0.1, 0.15) is 0 Å². The Kier molecular flexibility index (Phi) is 2.45. The molecule has 0 amide bonds. The van der Waals surface area contributed by atoms with Crippen molar-refractivity contribution in [1.29, 1.82) is 0 Å². The molecule has 0 saturated carbocycles. The number of fused-ring (bicyclic) bond motifs is 1. The zero-order chi connectivity index (χ0) is 14.0. The van der Waals surface area contributed by atoms with Crippen LogP contribution in [0.1, 0.15) is 6.42 Å². The predicted octanol–water partition coefficient (Wildman–Crippen LogP) is -3.73. The predicted molar refractivity (Wildman–Crippen MR) is 51.9 cm³/mol. The summed E-state index contributed by atoms with van der Waals surface area (Å²) in [6.45, 7) is 0. The van der Waals surface area contributed by atoms with Gasteiger partial charge in [-0.3, -0.25) is 5.21 Å². The maximum atomic E-state index is 10.1. The minimum absolute atomic E-state index is 0.443. The molecule has 1 saturated heterocycles. The monoisotopic (exact) mass is 263 g/mol. The van der Waals surface area contributed by atoms with Gasteiger partial charge in [-0.15, -0.1) is 0 Å². The summed E-state index contributed by atoms with van der Waals surface area (Å²) in [5.74, 6) is -11.6. The summed E-state index contributed by atoms with van der Waals surface area (Å²) in [5.41, 5.74) is -3.44. The van der Waals surface area contributed by atoms with Crippen molar-refractivity contribution in [2.75, 3.05) is 0 Å². The van der Waals surface area contributed by atoms with Crippen LogP contribution < -0.4 is 0 Å². The highest BCUT2D eigenvalue weighted by Gasteiger charge is 2.78. The number of aliphatic hydroxyl groups is 7. The van der Waals surface area contributed by atoms with Crippen LogP contribution in [0.15, 0.2) is 23.9 Å². The minimum Gasteiger partial charge on any atom is -0.377 e. The molecule has 9 heteroatoms. The summed E-state index contributed by atoms with van der Waals surface area (Å²) in [6, 6.07) is 0. The van der Waals surface area contributed by atoms with E-state index < -0.39 is 40.3 Å². The molecule has 0 aromatic carbocycles. The average molecular weight is 263 g/mol. The van der Waals surface area contributed by atoms with Gasteiger partial charge in [-0.2, -0.15) is 5.06 Å². The summed E-state index contributed by atoms with van der Waals surface area (Å²) in [5, 5.41) is 76.2. The van der Waals surface area contributed by atoms with E-state index in [0.717, 1.165) is 6.08 Å². The number of hydrogen-bond donors (Lipinski definition) is 8. The first kappa shape index (κ1) is 13.4. The Morgan fingerprint density at radius 1 is 0.944 bits per heavy atom. The van der Waals surface area contributed by atoms with E-state index in [9.17, 15) is 41.0 Å². The molecule has 9 nitrogen and oxygen atoms in total. The van der Waals surface area contributed by atoms with Gasteiger partial charge in [-0.05, 0) is 6.08 Å². The van der Waals surface area contributed by atoms with Gasteiger partial charge >= 0.3 is 11.7 Å². The van der Waals surface area contributed by atoms with Gasteiger partial charge < -0.3 is 35.7 Å². The zero-order valence-electron chi connectivity index (χ0n) is 8.96. The van der Waals surface area contributed by atoms with Gasteiger partial charge in [-0.1, -0.05) is 12.2 Å². The van der Waals surface area contributed by atoms with Gasteiger partial charge in [0.2, 0.25) is 0 Å². The van der Waals surface area contributed by atoms with Gasteiger partial charge in [0.25, 0.3) is 5.79 Å². The Morgan fingerprint density at radius 2 is 1.50 bits per heavy atom. The van der Waals surface area contributed by atoms with Gasteiger partial charge in [0.05, 0.1) is 5.70 Å². The summed E-state index contributed by atoms with van der Waals surface area (Å²) >= 11 is 0. The number of piperidine rings is 1. The third-order valence-electron chi connectivity index (χ3n) is 3.28. The summed E-state index contributed by atoms with van der Waals surface area (Å²) in [7, 11) is 0. The molecule has 8 N–H and O–H groups in total. The fourth-order valence-corrected chi connectivity index (χ4v) is 2.04. The van der Waals surface area contributed by atoms with Crippen molar-refractivity contribution in [3.8, 4) is 0 Å². The number of allylic oxidation sites excluding steroid dienone is 2. The van der Waals surface area contributed by atoms with Crippen molar-refractivity contribution < 1.29 is 41.0 Å². The van der Waals surface area contributed by atoms with Crippen LogP contribution in [0.2, 0.25) is 0 Å². The van der Waals surface area contributed by atoms with Crippen LogP contribution in [-0.4, -0.2) is 69.1 Å². The average Bonchev–Trinajstić information content (AvgIpc) is 2.26. The number of nitrogens with zero attached hydrogens (tertiary/aromatic N) is 1. The molecule has 0 radical (unpaired) electrons. The largest absolute Gasteiger partial charge is 0.377 e. The third-order valence-corrected chi connectivity index (χ3v) is 3.28. The van der Waals surface area contributed by atoms with Gasteiger partial charge in [0, 0.05) is 6.42 Å². The molecule has 0 aromatic heterocycles. The second-order valence-electron chi connectivity index (χ2n) is 4.34. The Bertz CT molecular complexity index is 440. The highest BCUT2D eigenvalue weighted by atomic mass is 16.7. The maximum absolute atomic E-state index is 10.1. The Balaban J connectivity index is 2.70. The summed E-state index contributed by atoms with van der Waals surface area (Å²) < 4.78 is 0. The Labute approximate surface area is 100 Å². The van der Waals surface area contributed by atoms with Crippen LogP contribution in [0.3, 0.4) is 0 Å². The van der Waals surface area contributed by atoms with Crippen molar-refractivity contribution in [3.05, 3.63) is 23.9 Å². The molecule has 1 heterocycles. The number of hydroxylamine groups is 2. The molecule has 0 spiro atoms. The third kappa shape index (κ3) is 1.17. The Hall–Kier alpha value is -1.04. The molecule has 18 heavy (non-hydrogen) atoms. The molecule has 1 atom stereocenters. The fraction of sp³-hybridized carbons (Fsp3) is 0.556. The van der Waals surface area contributed by atoms with Crippen molar-refractivity contribution in [3.63, 3.8) is 0 Å². The molecule has 102 valence electrons. The van der Waals surface area contributed by atoms with E-state index in [0.29, 0.717) is 0 Å². The summed E-state index contributed by atoms with van der Waals surface area (Å²) in [4.78, 5) is 0. The molecular weight excluding hydrogens is 250 g/mol. The van der Waals surface area contributed by atoms with E-state index in [1.165, 1.54) is 12.2 Å². The van der Waals surface area contributed by atoms with Crippen LogP contribution in [0.4, 0.5) is 0 Å². The molecule has 2 rings (SSSR count). The molecule has 1 aliphatic heterocycles. The first-order chi connectivity index (χ1) is 8.00. The molecule has 2 aliphatic rings. The SMILES string of the molecule is ON1C2=CC=CCC2(O)C(O)(O)C(O)(O)C1(O)O. The smallest absolute Gasteiger partial charge is 0.332 e. The number of rotatable bonds is 0. The molecular formula is C9H13NO8. The van der Waals surface area contributed by atoms with E-state index in [1.54, 1.807) is 0 Å². The van der Waals surface area contributed by atoms with Crippen LogP contribution in [0.25, 0.3) is 0 Å². The second kappa shape index (κ2) is 3.29. The quantitative estimate of drug-likeness (QED) is 0.205. The molecule has 0 aromatic rings. The van der Waals surface area contributed by atoms with Crippen molar-refractivity contribution in [2.45, 2.75) is 29.5 Å². The maximum Gasteiger partial charge on any atom is 0.332 e. The van der Waals surface area contributed by atoms with Crippen molar-refractivity contribution in [2.24, 2.45) is 0 Å². The molecule has 1 fully saturated rings. The lowest BCUT2D eigenvalue weighted by Gasteiger charge is -2.58. The van der Waals surface area contributed by atoms with E-state index in [1.807, 2.05) is 0 Å². The minimum atomic E-state index is -4.04. The van der Waals surface area contributed by atoms with E-state index in [4.69, 9.17) is 0 Å². The van der Waals surface area contributed by atoms with E-state index in [-0.39, 0.29) is 0 Å². The first-order valence-corrected chi connectivity index (χ1v) is 4.93. The first-order valence-electron chi connectivity index (χ1n) is 4.93. The topological polar surface area (TPSA) is 165 Å². The van der Waals surface area contributed by atoms with E-state index >= 15 is 0 Å². The van der Waals surface area contributed by atoms with Crippen LogP contribution in [0.5, 0.6) is 0 Å². The normalized spacial score (nSPS) is 36.0. The van der Waals surface area contributed by atoms with Gasteiger partial charge in [0.15, 0.2) is 5.60 Å². The van der Waals surface area contributed by atoms with Crippen LogP contribution in [-0.2, 0) is 0 Å². The Morgan fingerprint density at radius 3 is 2.06 bits per heavy atom. The fourth-order valence-electron chi connectivity index (χ4n) is 2.04. The summed E-state index contributed by atoms with van der Waals surface area (Å²) in [6.07, 6.45) is 3.01. The highest BCUT2D eigenvalue weighted by Crippen LogP contribution is 2.50. The second-order valence-corrected chi connectivity index (χ2v) is 4.34. The van der Waals surface area contributed by atoms with Gasteiger partial charge in [-0.25, -0.2) is 0 Å². The van der Waals surface area contributed by atoms with Crippen LogP contribution in [0, 0.1) is 0 Å². The zero-order valence-corrected chi connectivity index (χ0v) is 8.96. The lowest BCUT2D eigenvalue weighted by atomic mass is 9.74. The molecule has 0 bridgehead atoms. The lowest BCUT2D eigenvalue weighted by molar-refractivity contribution is -0.549. The van der Waals surface area contributed by atoms with Crippen molar-refractivity contribution in [1.82, 2.24) is 5.06 Å². The lowest BCUT2D eigenvalue weighted by Crippen LogP contribution is -2.85. The molecule has 1 aliphatic carbocycles. The van der Waals surface area contributed by atoms with E-state index in [2.05, 4.69) is 0 Å². The van der Waals surface area contributed by atoms with Crippen molar-refractivity contribution >= 4 is 0 Å². The molecule has 1 unspecified atom stereocenters. The number of hydrogen-bond acceptors (Lipinski definition) is 9. The standard InChI is InChI=1S/C9H13NO8/c11-6-4-2-1-3-5(6)10(18)9(16,17)8(14,15)7(6,12)13/h1-3,11-18H,4H2. The van der Waals surface area contributed by atoms with Crippen LogP contribution >= 0.6 is 0 Å².